The first kappa shape index (κ1) is 16.7. The number of halogens is 1. The van der Waals surface area contributed by atoms with Crippen LogP contribution in [0.15, 0.2) is 62.5 Å². The number of pyridine rings is 1. The Labute approximate surface area is 158 Å². The van der Waals surface area contributed by atoms with Gasteiger partial charge in [-0.05, 0) is 38.1 Å². The van der Waals surface area contributed by atoms with Gasteiger partial charge in [-0.25, -0.2) is 0 Å². The highest BCUT2D eigenvalue weighted by molar-refractivity contribution is 9.10. The standard InChI is InChI=1S/C20H16BrN3O2/c1-3-24-11-16(18(25)15-9-12(2)7-8-17(15)24)20-22-19(23-26-20)13-5-4-6-14(21)10-13/h4-11H,3H2,1-2H3. The Morgan fingerprint density at radius 2 is 2.04 bits per heavy atom. The van der Waals surface area contributed by atoms with Crippen LogP contribution in [-0.4, -0.2) is 14.7 Å². The summed E-state index contributed by atoms with van der Waals surface area (Å²) in [6.07, 6.45) is 1.79. The maximum absolute atomic E-state index is 13.0. The van der Waals surface area contributed by atoms with Crippen LogP contribution < -0.4 is 5.43 Å². The molecule has 26 heavy (non-hydrogen) atoms. The molecule has 0 saturated carbocycles. The van der Waals surface area contributed by atoms with E-state index in [0.29, 0.717) is 16.8 Å². The summed E-state index contributed by atoms with van der Waals surface area (Å²) < 4.78 is 8.36. The number of aromatic nitrogens is 3. The van der Waals surface area contributed by atoms with E-state index in [4.69, 9.17) is 4.52 Å². The first-order valence-corrected chi connectivity index (χ1v) is 9.10. The largest absolute Gasteiger partial charge is 0.347 e. The minimum Gasteiger partial charge on any atom is -0.347 e. The van der Waals surface area contributed by atoms with Gasteiger partial charge in [-0.2, -0.15) is 4.98 Å². The molecule has 0 atom stereocenters. The summed E-state index contributed by atoms with van der Waals surface area (Å²) >= 11 is 3.44. The van der Waals surface area contributed by atoms with E-state index < -0.39 is 0 Å². The van der Waals surface area contributed by atoms with E-state index in [1.165, 1.54) is 0 Å². The molecule has 2 aromatic carbocycles. The van der Waals surface area contributed by atoms with Gasteiger partial charge < -0.3 is 9.09 Å². The van der Waals surface area contributed by atoms with Gasteiger partial charge in [0.2, 0.25) is 11.3 Å². The molecule has 0 fully saturated rings. The Bertz CT molecular complexity index is 1180. The summed E-state index contributed by atoms with van der Waals surface area (Å²) in [5.74, 6) is 0.684. The summed E-state index contributed by atoms with van der Waals surface area (Å²) in [7, 11) is 0. The highest BCUT2D eigenvalue weighted by Gasteiger charge is 2.17. The van der Waals surface area contributed by atoms with E-state index in [0.717, 1.165) is 27.7 Å². The number of hydrogen-bond acceptors (Lipinski definition) is 4. The molecule has 0 spiro atoms. The lowest BCUT2D eigenvalue weighted by atomic mass is 10.1. The van der Waals surface area contributed by atoms with E-state index in [9.17, 15) is 4.79 Å². The number of benzene rings is 2. The van der Waals surface area contributed by atoms with Crippen LogP contribution in [0.25, 0.3) is 33.7 Å². The molecule has 2 aromatic heterocycles. The lowest BCUT2D eigenvalue weighted by Gasteiger charge is -2.10. The third-order valence-corrected chi connectivity index (χ3v) is 4.81. The Morgan fingerprint density at radius 1 is 1.19 bits per heavy atom. The Hall–Kier alpha value is -2.73. The van der Waals surface area contributed by atoms with Crippen molar-refractivity contribution in [1.29, 1.82) is 0 Å². The summed E-state index contributed by atoms with van der Waals surface area (Å²) in [6, 6.07) is 13.5. The molecular weight excluding hydrogens is 394 g/mol. The van der Waals surface area contributed by atoms with Gasteiger partial charge in [0.05, 0.1) is 5.52 Å². The van der Waals surface area contributed by atoms with Crippen molar-refractivity contribution in [2.45, 2.75) is 20.4 Å². The first-order chi connectivity index (χ1) is 12.6. The lowest BCUT2D eigenvalue weighted by molar-refractivity contribution is 0.431. The summed E-state index contributed by atoms with van der Waals surface area (Å²) in [5.41, 5.74) is 3.08. The van der Waals surface area contributed by atoms with Crippen molar-refractivity contribution in [1.82, 2.24) is 14.7 Å². The van der Waals surface area contributed by atoms with Crippen LogP contribution >= 0.6 is 15.9 Å². The molecule has 0 aliphatic heterocycles. The molecule has 130 valence electrons. The topological polar surface area (TPSA) is 60.9 Å². The van der Waals surface area contributed by atoms with Gasteiger partial charge in [0, 0.05) is 28.2 Å². The zero-order valence-corrected chi connectivity index (χ0v) is 15.9. The molecule has 0 aliphatic carbocycles. The molecule has 2 heterocycles. The third-order valence-electron chi connectivity index (χ3n) is 4.32. The third kappa shape index (κ3) is 2.86. The van der Waals surface area contributed by atoms with E-state index in [1.807, 2.05) is 60.9 Å². The SMILES string of the molecule is CCn1cc(-c2nc(-c3cccc(Br)c3)no2)c(=O)c2cc(C)ccc21. The van der Waals surface area contributed by atoms with E-state index >= 15 is 0 Å². The fraction of sp³-hybridized carbons (Fsp3) is 0.150. The van der Waals surface area contributed by atoms with Gasteiger partial charge in [0.25, 0.3) is 5.89 Å². The molecule has 0 unspecified atom stereocenters. The highest BCUT2D eigenvalue weighted by Crippen LogP contribution is 2.24. The Morgan fingerprint density at radius 3 is 2.81 bits per heavy atom. The monoisotopic (exact) mass is 409 g/mol. The molecule has 0 aliphatic rings. The van der Waals surface area contributed by atoms with Crippen LogP contribution in [0.4, 0.5) is 0 Å². The quantitative estimate of drug-likeness (QED) is 0.487. The fourth-order valence-electron chi connectivity index (χ4n) is 3.00. The van der Waals surface area contributed by atoms with Gasteiger partial charge in [-0.1, -0.05) is 44.8 Å². The number of nitrogens with zero attached hydrogens (tertiary/aromatic N) is 3. The van der Waals surface area contributed by atoms with Crippen LogP contribution in [0.5, 0.6) is 0 Å². The van der Waals surface area contributed by atoms with Gasteiger partial charge in [0.15, 0.2) is 0 Å². The van der Waals surface area contributed by atoms with E-state index in [1.54, 1.807) is 6.20 Å². The second-order valence-corrected chi connectivity index (χ2v) is 7.03. The van der Waals surface area contributed by atoms with Crippen LogP contribution in [0.1, 0.15) is 12.5 Å². The summed E-state index contributed by atoms with van der Waals surface area (Å²) in [5, 5.41) is 4.70. The van der Waals surface area contributed by atoms with Gasteiger partial charge in [-0.3, -0.25) is 4.79 Å². The van der Waals surface area contributed by atoms with Crippen LogP contribution in [0.2, 0.25) is 0 Å². The second-order valence-electron chi connectivity index (χ2n) is 6.11. The van der Waals surface area contributed by atoms with Crippen molar-refractivity contribution >= 4 is 26.8 Å². The Balaban J connectivity index is 1.90. The second kappa shape index (κ2) is 6.53. The molecular formula is C20H16BrN3O2. The number of rotatable bonds is 3. The zero-order chi connectivity index (χ0) is 18.3. The van der Waals surface area contributed by atoms with Gasteiger partial charge >= 0.3 is 0 Å². The molecule has 0 N–H and O–H groups in total. The van der Waals surface area contributed by atoms with Crippen LogP contribution in [0.3, 0.4) is 0 Å². The zero-order valence-electron chi connectivity index (χ0n) is 14.4. The fourth-order valence-corrected chi connectivity index (χ4v) is 3.40. The minimum absolute atomic E-state index is 0.0992. The summed E-state index contributed by atoms with van der Waals surface area (Å²) in [6.45, 7) is 4.74. The maximum atomic E-state index is 13.0. The first-order valence-electron chi connectivity index (χ1n) is 8.30. The molecule has 0 radical (unpaired) electrons. The van der Waals surface area contributed by atoms with Crippen molar-refractivity contribution in [2.24, 2.45) is 0 Å². The van der Waals surface area contributed by atoms with Crippen LogP contribution in [0, 0.1) is 6.92 Å². The summed E-state index contributed by atoms with van der Waals surface area (Å²) in [4.78, 5) is 17.4. The van der Waals surface area contributed by atoms with Crippen LogP contribution in [-0.2, 0) is 6.54 Å². The number of fused-ring (bicyclic) bond motifs is 1. The predicted molar refractivity (Wildman–Crippen MR) is 105 cm³/mol. The molecule has 0 saturated heterocycles. The van der Waals surface area contributed by atoms with E-state index in [2.05, 4.69) is 26.1 Å². The highest BCUT2D eigenvalue weighted by atomic mass is 79.9. The normalized spacial score (nSPS) is 11.2. The molecule has 4 aromatic rings. The number of aryl methyl sites for hydroxylation is 2. The average molecular weight is 410 g/mol. The van der Waals surface area contributed by atoms with Crippen molar-refractivity contribution in [2.75, 3.05) is 0 Å². The molecule has 0 bridgehead atoms. The molecule has 4 rings (SSSR count). The number of hydrogen-bond donors (Lipinski definition) is 0. The van der Waals surface area contributed by atoms with Crippen molar-refractivity contribution in [3.8, 4) is 22.8 Å². The maximum Gasteiger partial charge on any atom is 0.263 e. The van der Waals surface area contributed by atoms with E-state index in [-0.39, 0.29) is 11.3 Å². The predicted octanol–water partition coefficient (Wildman–Crippen LogP) is 4.81. The van der Waals surface area contributed by atoms with Crippen molar-refractivity contribution < 1.29 is 4.52 Å². The van der Waals surface area contributed by atoms with Crippen molar-refractivity contribution in [3.05, 3.63) is 68.9 Å². The molecule has 6 heteroatoms. The Kier molecular flexibility index (Phi) is 4.20. The molecule has 0 amide bonds. The van der Waals surface area contributed by atoms with Gasteiger partial charge in [-0.15, -0.1) is 0 Å². The van der Waals surface area contributed by atoms with Crippen molar-refractivity contribution in [3.63, 3.8) is 0 Å². The lowest BCUT2D eigenvalue weighted by Crippen LogP contribution is -2.12. The van der Waals surface area contributed by atoms with Gasteiger partial charge in [0.1, 0.15) is 5.56 Å². The molecule has 5 nitrogen and oxygen atoms in total. The smallest absolute Gasteiger partial charge is 0.263 e. The minimum atomic E-state index is -0.0992. The average Bonchev–Trinajstić information content (AvgIpc) is 3.12.